The highest BCUT2D eigenvalue weighted by Gasteiger charge is 2.04. The third kappa shape index (κ3) is 7.14. The van der Waals surface area contributed by atoms with Gasteiger partial charge in [0.2, 0.25) is 0 Å². The molecule has 3 heteroatoms. The minimum Gasteiger partial charge on any atom is -0.302 e. The fourth-order valence-electron chi connectivity index (χ4n) is 1.69. The molecule has 0 aliphatic rings. The van der Waals surface area contributed by atoms with Gasteiger partial charge in [0.1, 0.15) is 5.78 Å². The zero-order chi connectivity index (χ0) is 11.8. The Bertz CT molecular complexity index is 313. The molecule has 0 fully saturated rings. The van der Waals surface area contributed by atoms with Crippen molar-refractivity contribution in [2.24, 2.45) is 0 Å². The topological polar surface area (TPSA) is 20.3 Å². The van der Waals surface area contributed by atoms with Gasteiger partial charge in [0.05, 0.1) is 0 Å². The van der Waals surface area contributed by atoms with E-state index in [2.05, 4.69) is 24.1 Å². The predicted molar refractivity (Wildman–Crippen MR) is 74.6 cm³/mol. The molecule has 0 saturated heterocycles. The largest absolute Gasteiger partial charge is 0.302 e. The van der Waals surface area contributed by atoms with Crippen LogP contribution >= 0.6 is 12.4 Å². The quantitative estimate of drug-likeness (QED) is 0.745. The van der Waals surface area contributed by atoms with Crippen molar-refractivity contribution in [3.05, 3.63) is 35.9 Å². The highest BCUT2D eigenvalue weighted by atomic mass is 35.5. The number of nitrogens with zero attached hydrogens (tertiary/aromatic N) is 1. The standard InChI is InChI=1S/C14H21NO.ClH/c1-3-7-14(16)10-11-15(2)12-13-8-5-4-6-9-13;/h4-6,8-9H,3,7,10-12H2,1-2H3;1H. The summed E-state index contributed by atoms with van der Waals surface area (Å²) < 4.78 is 0. The van der Waals surface area contributed by atoms with Gasteiger partial charge in [-0.05, 0) is 19.0 Å². The van der Waals surface area contributed by atoms with E-state index in [1.165, 1.54) is 5.56 Å². The van der Waals surface area contributed by atoms with Crippen LogP contribution in [0.4, 0.5) is 0 Å². The molecular weight excluding hydrogens is 234 g/mol. The molecule has 0 aliphatic carbocycles. The number of ketones is 1. The molecule has 0 amide bonds. The van der Waals surface area contributed by atoms with E-state index >= 15 is 0 Å². The van der Waals surface area contributed by atoms with Gasteiger partial charge in [-0.25, -0.2) is 0 Å². The third-order valence-corrected chi connectivity index (χ3v) is 2.60. The van der Waals surface area contributed by atoms with Crippen molar-refractivity contribution in [3.63, 3.8) is 0 Å². The van der Waals surface area contributed by atoms with Crippen LogP contribution in [0.15, 0.2) is 30.3 Å². The van der Waals surface area contributed by atoms with E-state index in [1.54, 1.807) is 0 Å². The van der Waals surface area contributed by atoms with Crippen molar-refractivity contribution in [1.29, 1.82) is 0 Å². The second kappa shape index (κ2) is 9.20. The smallest absolute Gasteiger partial charge is 0.134 e. The zero-order valence-corrected chi connectivity index (χ0v) is 11.5. The summed E-state index contributed by atoms with van der Waals surface area (Å²) >= 11 is 0. The maximum Gasteiger partial charge on any atom is 0.134 e. The van der Waals surface area contributed by atoms with E-state index in [0.29, 0.717) is 12.2 Å². The van der Waals surface area contributed by atoms with Gasteiger partial charge in [0, 0.05) is 25.9 Å². The molecular formula is C14H22ClNO. The number of carbonyl (C=O) groups excluding carboxylic acids is 1. The summed E-state index contributed by atoms with van der Waals surface area (Å²) in [4.78, 5) is 13.6. The number of hydrogen-bond acceptors (Lipinski definition) is 2. The molecule has 0 saturated carbocycles. The van der Waals surface area contributed by atoms with Crippen LogP contribution in [0.2, 0.25) is 0 Å². The number of rotatable bonds is 7. The average Bonchev–Trinajstić information content (AvgIpc) is 2.28. The Labute approximate surface area is 110 Å². The lowest BCUT2D eigenvalue weighted by atomic mass is 10.1. The van der Waals surface area contributed by atoms with Crippen LogP contribution in [0.5, 0.6) is 0 Å². The van der Waals surface area contributed by atoms with E-state index in [1.807, 2.05) is 25.1 Å². The van der Waals surface area contributed by atoms with Crippen molar-refractivity contribution in [2.75, 3.05) is 13.6 Å². The van der Waals surface area contributed by atoms with E-state index in [0.717, 1.165) is 25.9 Å². The third-order valence-electron chi connectivity index (χ3n) is 2.60. The van der Waals surface area contributed by atoms with Crippen molar-refractivity contribution >= 4 is 18.2 Å². The van der Waals surface area contributed by atoms with Crippen LogP contribution in [0.3, 0.4) is 0 Å². The molecule has 0 atom stereocenters. The van der Waals surface area contributed by atoms with Crippen LogP contribution in [-0.2, 0) is 11.3 Å². The highest BCUT2D eigenvalue weighted by Crippen LogP contribution is 2.03. The first-order valence-electron chi connectivity index (χ1n) is 5.96. The molecule has 0 N–H and O–H groups in total. The Balaban J connectivity index is 0.00000256. The second-order valence-electron chi connectivity index (χ2n) is 4.26. The van der Waals surface area contributed by atoms with Gasteiger partial charge in [-0.15, -0.1) is 12.4 Å². The van der Waals surface area contributed by atoms with Gasteiger partial charge in [0.15, 0.2) is 0 Å². The Morgan fingerprint density at radius 1 is 1.18 bits per heavy atom. The van der Waals surface area contributed by atoms with E-state index in [-0.39, 0.29) is 12.4 Å². The zero-order valence-electron chi connectivity index (χ0n) is 10.7. The van der Waals surface area contributed by atoms with Crippen LogP contribution < -0.4 is 0 Å². The first kappa shape index (κ1) is 16.1. The summed E-state index contributed by atoms with van der Waals surface area (Å²) in [6, 6.07) is 10.3. The fourth-order valence-corrected chi connectivity index (χ4v) is 1.69. The van der Waals surface area contributed by atoms with E-state index < -0.39 is 0 Å². The predicted octanol–water partition coefficient (Wildman–Crippen LogP) is 3.30. The maximum atomic E-state index is 11.4. The van der Waals surface area contributed by atoms with Crippen LogP contribution in [0.25, 0.3) is 0 Å². The van der Waals surface area contributed by atoms with Crippen molar-refractivity contribution in [3.8, 4) is 0 Å². The minimum atomic E-state index is 0. The van der Waals surface area contributed by atoms with Gasteiger partial charge < -0.3 is 4.90 Å². The Hall–Kier alpha value is -0.860. The SMILES string of the molecule is CCCC(=O)CCN(C)Cc1ccccc1.Cl. The molecule has 0 unspecified atom stereocenters. The number of hydrogen-bond donors (Lipinski definition) is 0. The van der Waals surface area contributed by atoms with Gasteiger partial charge in [0.25, 0.3) is 0 Å². The normalized spacial score (nSPS) is 10.1. The van der Waals surface area contributed by atoms with E-state index in [4.69, 9.17) is 0 Å². The van der Waals surface area contributed by atoms with Crippen molar-refractivity contribution in [2.45, 2.75) is 32.7 Å². The number of benzene rings is 1. The average molecular weight is 256 g/mol. The minimum absolute atomic E-state index is 0. The van der Waals surface area contributed by atoms with Crippen LogP contribution in [0.1, 0.15) is 31.7 Å². The second-order valence-corrected chi connectivity index (χ2v) is 4.26. The summed E-state index contributed by atoms with van der Waals surface area (Å²) in [6.07, 6.45) is 2.36. The monoisotopic (exact) mass is 255 g/mol. The fraction of sp³-hybridized carbons (Fsp3) is 0.500. The summed E-state index contributed by atoms with van der Waals surface area (Å²) in [5.41, 5.74) is 1.30. The van der Waals surface area contributed by atoms with Gasteiger partial charge >= 0.3 is 0 Å². The Morgan fingerprint density at radius 3 is 2.41 bits per heavy atom. The molecule has 0 aliphatic heterocycles. The molecule has 0 bridgehead atoms. The number of carbonyl (C=O) groups is 1. The van der Waals surface area contributed by atoms with Gasteiger partial charge in [-0.2, -0.15) is 0 Å². The first-order valence-corrected chi connectivity index (χ1v) is 5.96. The molecule has 1 aromatic rings. The van der Waals surface area contributed by atoms with Gasteiger partial charge in [-0.3, -0.25) is 4.79 Å². The first-order chi connectivity index (χ1) is 7.72. The Kier molecular flexibility index (Phi) is 8.73. The van der Waals surface area contributed by atoms with Gasteiger partial charge in [-0.1, -0.05) is 37.3 Å². The molecule has 0 radical (unpaired) electrons. The summed E-state index contributed by atoms with van der Waals surface area (Å²) in [7, 11) is 2.06. The lowest BCUT2D eigenvalue weighted by Gasteiger charge is -2.15. The molecule has 0 spiro atoms. The molecule has 2 nitrogen and oxygen atoms in total. The maximum absolute atomic E-state index is 11.4. The number of halogens is 1. The molecule has 1 rings (SSSR count). The number of Topliss-reactive ketones (excluding diaryl/α,β-unsaturated/α-hetero) is 1. The summed E-state index contributed by atoms with van der Waals surface area (Å²) in [6.45, 7) is 3.82. The van der Waals surface area contributed by atoms with Crippen LogP contribution in [0, 0.1) is 0 Å². The van der Waals surface area contributed by atoms with Crippen LogP contribution in [-0.4, -0.2) is 24.3 Å². The van der Waals surface area contributed by atoms with Crippen molar-refractivity contribution in [1.82, 2.24) is 4.90 Å². The summed E-state index contributed by atoms with van der Waals surface area (Å²) in [5, 5.41) is 0. The van der Waals surface area contributed by atoms with E-state index in [9.17, 15) is 4.79 Å². The Morgan fingerprint density at radius 2 is 1.82 bits per heavy atom. The molecule has 1 aromatic carbocycles. The van der Waals surface area contributed by atoms with Crippen molar-refractivity contribution < 1.29 is 4.79 Å². The molecule has 0 aromatic heterocycles. The lowest BCUT2D eigenvalue weighted by molar-refractivity contribution is -0.119. The highest BCUT2D eigenvalue weighted by molar-refractivity contribution is 5.85. The molecule has 0 heterocycles. The lowest BCUT2D eigenvalue weighted by Crippen LogP contribution is -2.21. The molecule has 96 valence electrons. The summed E-state index contributed by atoms with van der Waals surface area (Å²) in [5.74, 6) is 0.377. The molecule has 17 heavy (non-hydrogen) atoms.